The summed E-state index contributed by atoms with van der Waals surface area (Å²) in [5, 5.41) is 0. The van der Waals surface area contributed by atoms with E-state index in [4.69, 9.17) is 9.72 Å². The molecule has 0 amide bonds. The van der Waals surface area contributed by atoms with Gasteiger partial charge in [0.1, 0.15) is 0 Å². The van der Waals surface area contributed by atoms with Crippen molar-refractivity contribution < 1.29 is 14.3 Å². The molecule has 1 aromatic rings. The molecular weight excluding hydrogens is 405 g/mol. The Morgan fingerprint density at radius 1 is 1.35 bits per heavy atom. The van der Waals surface area contributed by atoms with E-state index in [0.29, 0.717) is 24.2 Å². The Bertz CT molecular complexity index is 677. The van der Waals surface area contributed by atoms with E-state index in [1.54, 1.807) is 6.92 Å². The van der Waals surface area contributed by atoms with Gasteiger partial charge in [0, 0.05) is 9.99 Å². The maximum absolute atomic E-state index is 12.7. The molecule has 1 fully saturated rings. The fourth-order valence-corrected chi connectivity index (χ4v) is 4.83. The molecule has 0 atom stereocenters. The number of pyridine rings is 1. The number of halogens is 1. The molecule has 1 aromatic heterocycles. The van der Waals surface area contributed by atoms with Crippen LogP contribution in [0.5, 0.6) is 0 Å². The van der Waals surface area contributed by atoms with Crippen LogP contribution in [0.1, 0.15) is 84.5 Å². The van der Waals surface area contributed by atoms with Crippen molar-refractivity contribution in [3.8, 4) is 0 Å². The van der Waals surface area contributed by atoms with E-state index in [1.807, 2.05) is 13.8 Å². The molecule has 0 aliphatic heterocycles. The van der Waals surface area contributed by atoms with E-state index in [9.17, 15) is 9.59 Å². The van der Waals surface area contributed by atoms with Gasteiger partial charge in [-0.3, -0.25) is 9.78 Å². The third kappa shape index (κ3) is 2.81. The van der Waals surface area contributed by atoms with E-state index in [1.165, 1.54) is 6.42 Å². The number of rotatable bonds is 3. The molecule has 0 bridgehead atoms. The van der Waals surface area contributed by atoms with Crippen molar-refractivity contribution in [2.45, 2.75) is 58.8 Å². The highest BCUT2D eigenvalue weighted by Crippen LogP contribution is 2.50. The first-order chi connectivity index (χ1) is 10.9. The van der Waals surface area contributed by atoms with E-state index in [-0.39, 0.29) is 23.1 Å². The molecule has 1 heterocycles. The van der Waals surface area contributed by atoms with Crippen LogP contribution >= 0.6 is 22.6 Å². The first kappa shape index (κ1) is 16.9. The van der Waals surface area contributed by atoms with E-state index >= 15 is 0 Å². The van der Waals surface area contributed by atoms with Crippen molar-refractivity contribution in [1.29, 1.82) is 0 Å². The minimum absolute atomic E-state index is 0.114. The molecule has 124 valence electrons. The van der Waals surface area contributed by atoms with Gasteiger partial charge in [0.2, 0.25) is 0 Å². The zero-order chi connectivity index (χ0) is 16.8. The number of nitrogens with zero attached hydrogens (tertiary/aromatic N) is 1. The van der Waals surface area contributed by atoms with Crippen molar-refractivity contribution in [3.05, 3.63) is 26.1 Å². The summed E-state index contributed by atoms with van der Waals surface area (Å²) in [6.45, 7) is 6.16. The standard InChI is InChI=1S/C18H22INO3/c1-4-23-17(22)14-15(19)13-11(20-16(14)10(2)3)8-18(6-5-7-18)9-12(13)21/h10H,4-9H2,1-3H3. The minimum Gasteiger partial charge on any atom is -0.462 e. The molecule has 0 N–H and O–H groups in total. The summed E-state index contributed by atoms with van der Waals surface area (Å²) in [5.74, 6) is -0.112. The van der Waals surface area contributed by atoms with Crippen LogP contribution < -0.4 is 0 Å². The molecule has 5 heteroatoms. The maximum Gasteiger partial charge on any atom is 0.341 e. The van der Waals surface area contributed by atoms with Crippen LogP contribution in [0, 0.1) is 8.99 Å². The molecule has 1 saturated carbocycles. The lowest BCUT2D eigenvalue weighted by Gasteiger charge is -2.44. The normalized spacial score (nSPS) is 18.7. The molecule has 4 nitrogen and oxygen atoms in total. The molecule has 3 rings (SSSR count). The number of ketones is 1. The van der Waals surface area contributed by atoms with E-state index in [2.05, 4.69) is 22.6 Å². The second-order valence-electron chi connectivity index (χ2n) is 7.01. The first-order valence-electron chi connectivity index (χ1n) is 8.31. The average molecular weight is 427 g/mol. The van der Waals surface area contributed by atoms with Crippen LogP contribution in [-0.4, -0.2) is 23.3 Å². The number of esters is 1. The second kappa shape index (κ2) is 6.15. The molecule has 0 unspecified atom stereocenters. The summed E-state index contributed by atoms with van der Waals surface area (Å²) in [5.41, 5.74) is 2.94. The first-order valence-corrected chi connectivity index (χ1v) is 9.39. The molecule has 0 radical (unpaired) electrons. The van der Waals surface area contributed by atoms with Crippen LogP contribution in [0.2, 0.25) is 0 Å². The lowest BCUT2D eigenvalue weighted by atomic mass is 9.60. The van der Waals surface area contributed by atoms with Crippen molar-refractivity contribution in [2.75, 3.05) is 6.61 Å². The van der Waals surface area contributed by atoms with Gasteiger partial charge in [-0.05, 0) is 60.1 Å². The average Bonchev–Trinajstić information content (AvgIpc) is 2.44. The quantitative estimate of drug-likeness (QED) is 0.534. The van der Waals surface area contributed by atoms with Crippen molar-refractivity contribution in [1.82, 2.24) is 4.98 Å². The number of Topliss-reactive ketones (excluding diaryl/α,β-unsaturated/α-hetero) is 1. The largest absolute Gasteiger partial charge is 0.462 e. The van der Waals surface area contributed by atoms with Gasteiger partial charge < -0.3 is 4.74 Å². The van der Waals surface area contributed by atoms with Gasteiger partial charge >= 0.3 is 5.97 Å². The van der Waals surface area contributed by atoms with Gasteiger partial charge in [0.25, 0.3) is 0 Å². The van der Waals surface area contributed by atoms with Gasteiger partial charge in [0.15, 0.2) is 5.78 Å². The molecule has 0 aromatic carbocycles. The number of hydrogen-bond donors (Lipinski definition) is 0. The Morgan fingerprint density at radius 2 is 2.04 bits per heavy atom. The fourth-order valence-electron chi connectivity index (χ4n) is 3.72. The Hall–Kier alpha value is -0.980. The summed E-state index contributed by atoms with van der Waals surface area (Å²) in [4.78, 5) is 29.9. The number of fused-ring (bicyclic) bond motifs is 1. The Balaban J connectivity index is 2.15. The van der Waals surface area contributed by atoms with Crippen LogP contribution in [0.3, 0.4) is 0 Å². The topological polar surface area (TPSA) is 56.3 Å². The van der Waals surface area contributed by atoms with Crippen molar-refractivity contribution in [3.63, 3.8) is 0 Å². The SMILES string of the molecule is CCOC(=O)c1c(C(C)C)nc2c(c1I)C(=O)CC1(CCC1)C2. The predicted molar refractivity (Wildman–Crippen MR) is 95.9 cm³/mol. The Morgan fingerprint density at radius 3 is 2.57 bits per heavy atom. The van der Waals surface area contributed by atoms with Crippen LogP contribution in [-0.2, 0) is 11.2 Å². The third-order valence-corrected chi connectivity index (χ3v) is 6.12. The Labute approximate surface area is 150 Å². The predicted octanol–water partition coefficient (Wildman–Crippen LogP) is 4.29. The minimum atomic E-state index is -0.368. The van der Waals surface area contributed by atoms with Crippen molar-refractivity contribution >= 4 is 34.3 Å². The van der Waals surface area contributed by atoms with Gasteiger partial charge in [-0.1, -0.05) is 20.3 Å². The number of ether oxygens (including phenoxy) is 1. The van der Waals surface area contributed by atoms with E-state index in [0.717, 1.165) is 34.2 Å². The number of carbonyl (C=O) groups excluding carboxylic acids is 2. The Kier molecular flexibility index (Phi) is 4.51. The molecule has 0 saturated heterocycles. The highest BCUT2D eigenvalue weighted by Gasteiger charge is 2.45. The second-order valence-corrected chi connectivity index (χ2v) is 8.09. The van der Waals surface area contributed by atoms with Crippen LogP contribution in [0.15, 0.2) is 0 Å². The molecule has 2 aliphatic rings. The van der Waals surface area contributed by atoms with Gasteiger partial charge in [0.05, 0.1) is 29.1 Å². The van der Waals surface area contributed by atoms with Gasteiger partial charge in [-0.25, -0.2) is 4.79 Å². The molecule has 2 aliphatic carbocycles. The van der Waals surface area contributed by atoms with E-state index < -0.39 is 0 Å². The lowest BCUT2D eigenvalue weighted by Crippen LogP contribution is -2.39. The zero-order valence-electron chi connectivity index (χ0n) is 13.9. The molecule has 23 heavy (non-hydrogen) atoms. The number of aromatic nitrogens is 1. The highest BCUT2D eigenvalue weighted by atomic mass is 127. The fraction of sp³-hybridized carbons (Fsp3) is 0.611. The summed E-state index contributed by atoms with van der Waals surface area (Å²) >= 11 is 2.13. The summed E-state index contributed by atoms with van der Waals surface area (Å²) in [6.07, 6.45) is 4.91. The number of carbonyl (C=O) groups is 2. The molecule has 1 spiro atoms. The molecular formula is C18H22INO3. The van der Waals surface area contributed by atoms with Gasteiger partial charge in [-0.15, -0.1) is 0 Å². The summed E-state index contributed by atoms with van der Waals surface area (Å²) in [7, 11) is 0. The summed E-state index contributed by atoms with van der Waals surface area (Å²) in [6, 6.07) is 0. The van der Waals surface area contributed by atoms with Crippen molar-refractivity contribution in [2.24, 2.45) is 5.41 Å². The summed E-state index contributed by atoms with van der Waals surface area (Å²) < 4.78 is 5.93. The maximum atomic E-state index is 12.7. The number of hydrogen-bond acceptors (Lipinski definition) is 4. The van der Waals surface area contributed by atoms with Crippen LogP contribution in [0.4, 0.5) is 0 Å². The van der Waals surface area contributed by atoms with Gasteiger partial charge in [-0.2, -0.15) is 0 Å². The zero-order valence-corrected chi connectivity index (χ0v) is 16.0. The monoisotopic (exact) mass is 427 g/mol. The smallest absolute Gasteiger partial charge is 0.341 e. The highest BCUT2D eigenvalue weighted by molar-refractivity contribution is 14.1. The van der Waals surface area contributed by atoms with Crippen LogP contribution in [0.25, 0.3) is 0 Å². The third-order valence-electron chi connectivity index (χ3n) is 5.04. The lowest BCUT2D eigenvalue weighted by molar-refractivity contribution is 0.0522.